The summed E-state index contributed by atoms with van der Waals surface area (Å²) in [7, 11) is -1.88. The van der Waals surface area contributed by atoms with Gasteiger partial charge in [-0.25, -0.2) is 9.59 Å². The third kappa shape index (κ3) is 7.98. The average molecular weight is 469 g/mol. The van der Waals surface area contributed by atoms with E-state index in [0.717, 1.165) is 0 Å². The largest absolute Gasteiger partial charge is 0.454 e. The van der Waals surface area contributed by atoms with Crippen molar-refractivity contribution < 1.29 is 23.5 Å². The van der Waals surface area contributed by atoms with Crippen molar-refractivity contribution in [3.8, 4) is 0 Å². The molecule has 0 aliphatic carbocycles. The van der Waals surface area contributed by atoms with Crippen molar-refractivity contribution in [2.75, 3.05) is 6.61 Å². The molecule has 0 aliphatic heterocycles. The fraction of sp³-hybridized carbons (Fsp3) is 0.407. The molecule has 0 unspecified atom stereocenters. The zero-order chi connectivity index (χ0) is 24.5. The van der Waals surface area contributed by atoms with Crippen LogP contribution in [0.3, 0.4) is 0 Å². The number of benzene rings is 2. The van der Waals surface area contributed by atoms with Crippen LogP contribution in [0.25, 0.3) is 0 Å². The van der Waals surface area contributed by atoms with Gasteiger partial charge in [-0.3, -0.25) is 0 Å². The van der Waals surface area contributed by atoms with Gasteiger partial charge in [0.25, 0.3) is 0 Å². The molecule has 0 aromatic heterocycles. The Morgan fingerprint density at radius 1 is 0.909 bits per heavy atom. The first-order chi connectivity index (χ1) is 15.5. The van der Waals surface area contributed by atoms with Crippen molar-refractivity contribution in [2.45, 2.75) is 64.0 Å². The minimum atomic E-state index is -1.88. The van der Waals surface area contributed by atoms with Gasteiger partial charge < -0.3 is 13.9 Å². The van der Waals surface area contributed by atoms with Gasteiger partial charge in [-0.2, -0.15) is 0 Å². The van der Waals surface area contributed by atoms with Gasteiger partial charge in [-0.15, -0.1) is 0 Å². The monoisotopic (exact) mass is 468 g/mol. The second-order valence-corrected chi connectivity index (χ2v) is 14.3. The standard InChI is InChI=1S/C27H36O5Si/c1-7-23(31-25(28)21-15-10-8-11-16-21)24(32-26(29)22-17-12-9-13-18-22)19-14-20-30-33(5,6)27(2,3)4/h7-13,15-18,23-24H,1,14,19-20H2,2-6H3/t23-,24+/m1/s1. The summed E-state index contributed by atoms with van der Waals surface area (Å²) in [5.41, 5.74) is 0.871. The molecule has 0 saturated carbocycles. The van der Waals surface area contributed by atoms with Crippen molar-refractivity contribution in [3.05, 3.63) is 84.4 Å². The maximum atomic E-state index is 12.7. The summed E-state index contributed by atoms with van der Waals surface area (Å²) in [4.78, 5) is 25.3. The molecular weight excluding hydrogens is 432 g/mol. The van der Waals surface area contributed by atoms with E-state index < -0.39 is 32.5 Å². The predicted molar refractivity (Wildman–Crippen MR) is 134 cm³/mol. The van der Waals surface area contributed by atoms with Gasteiger partial charge in [-0.1, -0.05) is 63.7 Å². The van der Waals surface area contributed by atoms with E-state index in [1.165, 1.54) is 6.08 Å². The van der Waals surface area contributed by atoms with Crippen molar-refractivity contribution in [2.24, 2.45) is 0 Å². The molecule has 0 heterocycles. The summed E-state index contributed by atoms with van der Waals surface area (Å²) in [6, 6.07) is 17.5. The molecule has 2 rings (SSSR count). The Labute approximate surface area is 198 Å². The molecule has 6 heteroatoms. The Morgan fingerprint density at radius 3 is 1.85 bits per heavy atom. The summed E-state index contributed by atoms with van der Waals surface area (Å²) >= 11 is 0. The minimum Gasteiger partial charge on any atom is -0.454 e. The lowest BCUT2D eigenvalue weighted by molar-refractivity contribution is -0.0249. The molecule has 0 amide bonds. The van der Waals surface area contributed by atoms with Crippen molar-refractivity contribution >= 4 is 20.3 Å². The van der Waals surface area contributed by atoms with Gasteiger partial charge in [-0.05, 0) is 61.3 Å². The maximum Gasteiger partial charge on any atom is 0.338 e. The SMILES string of the molecule is C=C[C@@H](OC(=O)c1ccccc1)[C@H](CCCO[Si](C)(C)C(C)(C)C)OC(=O)c1ccccc1. The Kier molecular flexibility index (Phi) is 9.62. The first-order valence-electron chi connectivity index (χ1n) is 11.3. The highest BCUT2D eigenvalue weighted by Crippen LogP contribution is 2.36. The van der Waals surface area contributed by atoms with Crippen LogP contribution in [0.1, 0.15) is 54.3 Å². The summed E-state index contributed by atoms with van der Waals surface area (Å²) < 4.78 is 17.7. The third-order valence-electron chi connectivity index (χ3n) is 6.02. The third-order valence-corrected chi connectivity index (χ3v) is 10.6. The van der Waals surface area contributed by atoms with Crippen molar-refractivity contribution in [1.82, 2.24) is 0 Å². The molecule has 33 heavy (non-hydrogen) atoms. The summed E-state index contributed by atoms with van der Waals surface area (Å²) in [5, 5.41) is 0.112. The van der Waals surface area contributed by atoms with Crippen molar-refractivity contribution in [1.29, 1.82) is 0 Å². The fourth-order valence-electron chi connectivity index (χ4n) is 2.94. The molecule has 2 aromatic rings. The molecule has 178 valence electrons. The van der Waals surface area contributed by atoms with Crippen molar-refractivity contribution in [3.63, 3.8) is 0 Å². The van der Waals surface area contributed by atoms with Gasteiger partial charge in [0.05, 0.1) is 11.1 Å². The number of esters is 2. The van der Waals surface area contributed by atoms with Crippen LogP contribution in [-0.2, 0) is 13.9 Å². The maximum absolute atomic E-state index is 12.7. The van der Waals surface area contributed by atoms with Gasteiger partial charge in [0.1, 0.15) is 6.10 Å². The molecule has 0 saturated heterocycles. The first kappa shape index (κ1) is 26.5. The van der Waals surface area contributed by atoms with Crippen LogP contribution in [0.15, 0.2) is 73.3 Å². The molecule has 0 N–H and O–H groups in total. The lowest BCUT2D eigenvalue weighted by Crippen LogP contribution is -2.41. The van der Waals surface area contributed by atoms with Gasteiger partial charge in [0.2, 0.25) is 0 Å². The zero-order valence-electron chi connectivity index (χ0n) is 20.4. The molecule has 5 nitrogen and oxygen atoms in total. The van der Waals surface area contributed by atoms with E-state index in [0.29, 0.717) is 30.6 Å². The number of hydrogen-bond acceptors (Lipinski definition) is 5. The van der Waals surface area contributed by atoms with Crippen LogP contribution in [0.2, 0.25) is 18.1 Å². The second kappa shape index (κ2) is 12.0. The number of rotatable bonds is 11. The number of hydrogen-bond donors (Lipinski definition) is 0. The van der Waals surface area contributed by atoms with Crippen LogP contribution in [0.5, 0.6) is 0 Å². The van der Waals surface area contributed by atoms with E-state index in [4.69, 9.17) is 13.9 Å². The molecule has 0 radical (unpaired) electrons. The van der Waals surface area contributed by atoms with Crippen LogP contribution in [0, 0.1) is 0 Å². The molecule has 0 aliphatic rings. The number of carbonyl (C=O) groups excluding carboxylic acids is 2. The molecule has 0 bridgehead atoms. The normalized spacial score (nSPS) is 13.6. The lowest BCUT2D eigenvalue weighted by atomic mass is 10.1. The van der Waals surface area contributed by atoms with E-state index in [1.807, 2.05) is 12.1 Å². The van der Waals surface area contributed by atoms with Gasteiger partial charge in [0.15, 0.2) is 14.4 Å². The lowest BCUT2D eigenvalue weighted by Gasteiger charge is -2.36. The number of ether oxygens (including phenoxy) is 2. The van der Waals surface area contributed by atoms with E-state index in [-0.39, 0.29) is 5.04 Å². The number of carbonyl (C=O) groups is 2. The predicted octanol–water partition coefficient (Wildman–Crippen LogP) is 6.43. The highest BCUT2D eigenvalue weighted by Gasteiger charge is 2.37. The average Bonchev–Trinajstić information content (AvgIpc) is 2.79. The molecule has 2 aromatic carbocycles. The first-order valence-corrected chi connectivity index (χ1v) is 14.2. The minimum absolute atomic E-state index is 0.112. The second-order valence-electron chi connectivity index (χ2n) is 9.53. The van der Waals surface area contributed by atoms with Gasteiger partial charge in [0, 0.05) is 6.61 Å². The fourth-order valence-corrected chi connectivity index (χ4v) is 4.03. The molecule has 0 fully saturated rings. The topological polar surface area (TPSA) is 61.8 Å². The molecule has 2 atom stereocenters. The quantitative estimate of drug-likeness (QED) is 0.165. The van der Waals surface area contributed by atoms with Crippen LogP contribution in [-0.4, -0.2) is 39.1 Å². The van der Waals surface area contributed by atoms with E-state index in [2.05, 4.69) is 40.4 Å². The smallest absolute Gasteiger partial charge is 0.338 e. The van der Waals surface area contributed by atoms with E-state index >= 15 is 0 Å². The Morgan fingerprint density at radius 2 is 1.39 bits per heavy atom. The van der Waals surface area contributed by atoms with Crippen LogP contribution >= 0.6 is 0 Å². The van der Waals surface area contributed by atoms with E-state index in [1.54, 1.807) is 48.5 Å². The summed E-state index contributed by atoms with van der Waals surface area (Å²) in [5.74, 6) is -0.952. The highest BCUT2D eigenvalue weighted by molar-refractivity contribution is 6.74. The Balaban J connectivity index is 2.10. The van der Waals surface area contributed by atoms with Crippen LogP contribution < -0.4 is 0 Å². The Hall–Kier alpha value is -2.70. The zero-order valence-corrected chi connectivity index (χ0v) is 21.4. The summed E-state index contributed by atoms with van der Waals surface area (Å²) in [6.45, 7) is 15.4. The van der Waals surface area contributed by atoms with E-state index in [9.17, 15) is 9.59 Å². The van der Waals surface area contributed by atoms with Crippen LogP contribution in [0.4, 0.5) is 0 Å². The summed E-state index contributed by atoms with van der Waals surface area (Å²) in [6.07, 6.45) is 1.20. The highest BCUT2D eigenvalue weighted by atomic mass is 28.4. The van der Waals surface area contributed by atoms with Gasteiger partial charge >= 0.3 is 11.9 Å². The molecular formula is C27H36O5Si. The molecule has 0 spiro atoms. The Bertz CT molecular complexity index is 903.